The second-order valence-corrected chi connectivity index (χ2v) is 5.94. The Morgan fingerprint density at radius 1 is 1.50 bits per heavy atom. The molecule has 0 bridgehead atoms. The van der Waals surface area contributed by atoms with Crippen molar-refractivity contribution < 1.29 is 4.74 Å². The fourth-order valence-electron chi connectivity index (χ4n) is 2.43. The van der Waals surface area contributed by atoms with Crippen LogP contribution in [-0.4, -0.2) is 35.4 Å². The first-order chi connectivity index (χ1) is 8.65. The Bertz CT molecular complexity index is 581. The maximum atomic E-state index is 5.58. The molecule has 0 aliphatic carbocycles. The number of anilines is 1. The minimum Gasteiger partial charge on any atom is -0.375 e. The van der Waals surface area contributed by atoms with E-state index in [1.807, 2.05) is 13.2 Å². The van der Waals surface area contributed by atoms with Crippen LogP contribution >= 0.6 is 22.6 Å². The van der Waals surface area contributed by atoms with E-state index >= 15 is 0 Å². The Hall–Kier alpha value is -0.820. The van der Waals surface area contributed by atoms with E-state index in [1.165, 1.54) is 14.6 Å². The maximum Gasteiger partial charge on any atom is 0.140 e. The first-order valence-corrected chi connectivity index (χ1v) is 7.20. The summed E-state index contributed by atoms with van der Waals surface area (Å²) in [6.45, 7) is 4.80. The number of morpholine rings is 1. The van der Waals surface area contributed by atoms with E-state index in [2.05, 4.69) is 56.2 Å². The van der Waals surface area contributed by atoms with E-state index < -0.39 is 0 Å². The topological polar surface area (TPSA) is 30.3 Å². The molecule has 0 saturated carbocycles. The molecule has 2 aromatic heterocycles. The maximum absolute atomic E-state index is 5.58. The predicted molar refractivity (Wildman–Crippen MR) is 81.1 cm³/mol. The number of fused-ring (bicyclic) bond motifs is 1. The van der Waals surface area contributed by atoms with Crippen molar-refractivity contribution in [3.8, 4) is 0 Å². The Labute approximate surface area is 120 Å². The van der Waals surface area contributed by atoms with Gasteiger partial charge in [-0.25, -0.2) is 4.98 Å². The van der Waals surface area contributed by atoms with Gasteiger partial charge in [0.1, 0.15) is 5.65 Å². The van der Waals surface area contributed by atoms with Gasteiger partial charge in [0.2, 0.25) is 0 Å². The van der Waals surface area contributed by atoms with Crippen molar-refractivity contribution in [2.45, 2.75) is 13.0 Å². The molecule has 2 aromatic rings. The highest BCUT2D eigenvalue weighted by atomic mass is 127. The van der Waals surface area contributed by atoms with Crippen molar-refractivity contribution >= 4 is 39.3 Å². The van der Waals surface area contributed by atoms with Crippen molar-refractivity contribution in [1.82, 2.24) is 9.55 Å². The number of ether oxygens (including phenoxy) is 1. The summed E-state index contributed by atoms with van der Waals surface area (Å²) in [6.07, 6.45) is 4.38. The summed E-state index contributed by atoms with van der Waals surface area (Å²) < 4.78 is 8.90. The average Bonchev–Trinajstić information content (AvgIpc) is 2.65. The van der Waals surface area contributed by atoms with Crippen molar-refractivity contribution in [1.29, 1.82) is 0 Å². The molecule has 0 spiro atoms. The van der Waals surface area contributed by atoms with E-state index in [0.717, 1.165) is 25.3 Å². The predicted octanol–water partition coefficient (Wildman–Crippen LogP) is 2.40. The summed E-state index contributed by atoms with van der Waals surface area (Å²) in [5, 5.41) is 1.23. The van der Waals surface area contributed by atoms with E-state index in [1.54, 1.807) is 0 Å². The molecule has 0 N–H and O–H groups in total. The van der Waals surface area contributed by atoms with Gasteiger partial charge in [0.25, 0.3) is 0 Å². The Morgan fingerprint density at radius 2 is 2.33 bits per heavy atom. The minimum atomic E-state index is 0.296. The quantitative estimate of drug-likeness (QED) is 0.735. The van der Waals surface area contributed by atoms with Gasteiger partial charge in [0.15, 0.2) is 0 Å². The Morgan fingerprint density at radius 3 is 3.11 bits per heavy atom. The largest absolute Gasteiger partial charge is 0.375 e. The lowest BCUT2D eigenvalue weighted by Gasteiger charge is -2.32. The summed E-state index contributed by atoms with van der Waals surface area (Å²) in [7, 11) is 2.04. The molecule has 4 nitrogen and oxygen atoms in total. The molecule has 0 radical (unpaired) electrons. The molecular formula is C13H16IN3O. The third kappa shape index (κ3) is 2.09. The highest BCUT2D eigenvalue weighted by Gasteiger charge is 2.18. The van der Waals surface area contributed by atoms with E-state index in [-0.39, 0.29) is 0 Å². The molecule has 1 fully saturated rings. The first-order valence-electron chi connectivity index (χ1n) is 6.12. The lowest BCUT2D eigenvalue weighted by Crippen LogP contribution is -2.41. The number of hydrogen-bond donors (Lipinski definition) is 0. The number of aryl methyl sites for hydroxylation is 1. The normalized spacial score (nSPS) is 20.6. The highest BCUT2D eigenvalue weighted by Crippen LogP contribution is 2.26. The Kier molecular flexibility index (Phi) is 3.19. The average molecular weight is 357 g/mol. The van der Waals surface area contributed by atoms with Gasteiger partial charge in [-0.2, -0.15) is 0 Å². The SMILES string of the molecule is CC1CN(c2cnc3c(c2)c(I)cn3C)CCO1. The Balaban J connectivity index is 2.00. The lowest BCUT2D eigenvalue weighted by atomic mass is 10.2. The summed E-state index contributed by atoms with van der Waals surface area (Å²) >= 11 is 2.37. The molecule has 1 unspecified atom stereocenters. The van der Waals surface area contributed by atoms with Crippen LogP contribution in [0.3, 0.4) is 0 Å². The van der Waals surface area contributed by atoms with Crippen molar-refractivity contribution in [2.75, 3.05) is 24.6 Å². The van der Waals surface area contributed by atoms with Gasteiger partial charge >= 0.3 is 0 Å². The number of aromatic nitrogens is 2. The molecule has 1 atom stereocenters. The fourth-order valence-corrected chi connectivity index (χ4v) is 3.24. The summed E-state index contributed by atoms with van der Waals surface area (Å²) in [5.41, 5.74) is 2.24. The number of halogens is 1. The van der Waals surface area contributed by atoms with Crippen LogP contribution in [-0.2, 0) is 11.8 Å². The van der Waals surface area contributed by atoms with Crippen LogP contribution in [0.4, 0.5) is 5.69 Å². The van der Waals surface area contributed by atoms with Crippen molar-refractivity contribution in [3.63, 3.8) is 0 Å². The summed E-state index contributed by atoms with van der Waals surface area (Å²) in [6, 6.07) is 2.24. The van der Waals surface area contributed by atoms with Crippen LogP contribution in [0, 0.1) is 3.57 Å². The number of rotatable bonds is 1. The van der Waals surface area contributed by atoms with Gasteiger partial charge < -0.3 is 14.2 Å². The standard InChI is InChI=1S/C13H16IN3O/c1-9-7-17(3-4-18-9)10-5-11-12(14)8-16(2)13(11)15-6-10/h5-6,8-9H,3-4,7H2,1-2H3. The molecule has 1 aliphatic rings. The van der Waals surface area contributed by atoms with Gasteiger partial charge in [-0.3, -0.25) is 0 Å². The third-order valence-electron chi connectivity index (χ3n) is 3.36. The second kappa shape index (κ2) is 4.70. The zero-order chi connectivity index (χ0) is 12.7. The number of nitrogens with zero attached hydrogens (tertiary/aromatic N) is 3. The first kappa shape index (κ1) is 12.2. The molecular weight excluding hydrogens is 341 g/mol. The third-order valence-corrected chi connectivity index (χ3v) is 4.22. The molecule has 3 rings (SSSR count). The molecule has 96 valence electrons. The molecule has 3 heterocycles. The fraction of sp³-hybridized carbons (Fsp3) is 0.462. The van der Waals surface area contributed by atoms with Gasteiger partial charge in [-0.05, 0) is 35.6 Å². The smallest absolute Gasteiger partial charge is 0.140 e. The van der Waals surface area contributed by atoms with E-state index in [0.29, 0.717) is 6.10 Å². The van der Waals surface area contributed by atoms with Crippen molar-refractivity contribution in [2.24, 2.45) is 7.05 Å². The zero-order valence-electron chi connectivity index (χ0n) is 10.6. The van der Waals surface area contributed by atoms with E-state index in [4.69, 9.17) is 4.74 Å². The number of hydrogen-bond acceptors (Lipinski definition) is 3. The van der Waals surface area contributed by atoms with Gasteiger partial charge in [-0.1, -0.05) is 0 Å². The molecule has 0 aromatic carbocycles. The monoisotopic (exact) mass is 357 g/mol. The molecule has 5 heteroatoms. The summed E-state index contributed by atoms with van der Waals surface area (Å²) in [4.78, 5) is 6.93. The molecule has 1 aliphatic heterocycles. The van der Waals surface area contributed by atoms with Crippen LogP contribution in [0.25, 0.3) is 11.0 Å². The van der Waals surface area contributed by atoms with Crippen molar-refractivity contribution in [3.05, 3.63) is 22.0 Å². The second-order valence-electron chi connectivity index (χ2n) is 4.78. The van der Waals surface area contributed by atoms with E-state index in [9.17, 15) is 0 Å². The van der Waals surface area contributed by atoms with Crippen LogP contribution in [0.1, 0.15) is 6.92 Å². The highest BCUT2D eigenvalue weighted by molar-refractivity contribution is 14.1. The summed E-state index contributed by atoms with van der Waals surface area (Å²) in [5.74, 6) is 0. The van der Waals surface area contributed by atoms with Gasteiger partial charge in [0, 0.05) is 35.3 Å². The van der Waals surface area contributed by atoms with Crippen LogP contribution in [0.2, 0.25) is 0 Å². The lowest BCUT2D eigenvalue weighted by molar-refractivity contribution is 0.0532. The molecule has 18 heavy (non-hydrogen) atoms. The van der Waals surface area contributed by atoms with Crippen LogP contribution in [0.5, 0.6) is 0 Å². The van der Waals surface area contributed by atoms with Gasteiger partial charge in [-0.15, -0.1) is 0 Å². The zero-order valence-corrected chi connectivity index (χ0v) is 12.7. The molecule has 0 amide bonds. The minimum absolute atomic E-state index is 0.296. The van der Waals surface area contributed by atoms with Gasteiger partial charge in [0.05, 0.1) is 24.6 Å². The number of pyridine rings is 1. The van der Waals surface area contributed by atoms with Crippen LogP contribution in [0.15, 0.2) is 18.5 Å². The molecule has 1 saturated heterocycles. The van der Waals surface area contributed by atoms with Crippen LogP contribution < -0.4 is 4.90 Å².